The van der Waals surface area contributed by atoms with Crippen molar-refractivity contribution in [3.05, 3.63) is 0 Å². The number of carbonyl (C=O) groups excluding carboxylic acids is 1. The molecular formula is C15H26N2O3. The second-order valence-corrected chi connectivity index (χ2v) is 7.58. The lowest BCUT2D eigenvalue weighted by Crippen LogP contribution is -2.58. The molecule has 0 radical (unpaired) electrons. The van der Waals surface area contributed by atoms with Crippen LogP contribution in [0, 0.1) is 5.41 Å². The monoisotopic (exact) mass is 282 g/mol. The standard InChI is InChI=1S/C15H26N2O3/c1-13(2,3)20-12(18)17-8-9-19-10-11(17)14(4-5-14)15(16)6-7-15/h11H,4-10,16H2,1-3H3. The number of ether oxygens (including phenoxy) is 2. The van der Waals surface area contributed by atoms with E-state index in [0.29, 0.717) is 19.8 Å². The van der Waals surface area contributed by atoms with E-state index in [-0.39, 0.29) is 23.1 Å². The van der Waals surface area contributed by atoms with Gasteiger partial charge >= 0.3 is 6.09 Å². The SMILES string of the molecule is CC(C)(C)OC(=O)N1CCOCC1C1(C2(N)CC2)CC1. The summed E-state index contributed by atoms with van der Waals surface area (Å²) >= 11 is 0. The zero-order valence-electron chi connectivity index (χ0n) is 12.8. The van der Waals surface area contributed by atoms with Crippen LogP contribution in [0.5, 0.6) is 0 Å². The average molecular weight is 282 g/mol. The number of carbonyl (C=O) groups is 1. The average Bonchev–Trinajstić information content (AvgIpc) is 3.22. The maximum atomic E-state index is 12.5. The molecule has 0 aromatic carbocycles. The molecule has 0 aromatic heterocycles. The molecule has 0 spiro atoms. The van der Waals surface area contributed by atoms with Crippen LogP contribution in [0.4, 0.5) is 4.79 Å². The summed E-state index contributed by atoms with van der Waals surface area (Å²) in [6.45, 7) is 7.49. The summed E-state index contributed by atoms with van der Waals surface area (Å²) in [6.07, 6.45) is 4.15. The highest BCUT2D eigenvalue weighted by atomic mass is 16.6. The fraction of sp³-hybridized carbons (Fsp3) is 0.933. The van der Waals surface area contributed by atoms with Gasteiger partial charge in [0.25, 0.3) is 0 Å². The van der Waals surface area contributed by atoms with E-state index < -0.39 is 5.60 Å². The molecule has 2 saturated carbocycles. The third kappa shape index (κ3) is 2.31. The molecule has 114 valence electrons. The normalized spacial score (nSPS) is 30.8. The molecule has 1 atom stereocenters. The van der Waals surface area contributed by atoms with Gasteiger partial charge in [0.2, 0.25) is 0 Å². The van der Waals surface area contributed by atoms with Crippen LogP contribution in [0.25, 0.3) is 0 Å². The topological polar surface area (TPSA) is 64.8 Å². The summed E-state index contributed by atoms with van der Waals surface area (Å²) < 4.78 is 11.2. The van der Waals surface area contributed by atoms with Crippen molar-refractivity contribution in [2.45, 2.75) is 63.6 Å². The third-order valence-corrected chi connectivity index (χ3v) is 4.96. The summed E-state index contributed by atoms with van der Waals surface area (Å²) in [7, 11) is 0. The number of hydrogen-bond donors (Lipinski definition) is 1. The lowest BCUT2D eigenvalue weighted by molar-refractivity contribution is -0.0561. The van der Waals surface area contributed by atoms with E-state index in [1.807, 2.05) is 25.7 Å². The smallest absolute Gasteiger partial charge is 0.410 e. The molecule has 5 heteroatoms. The van der Waals surface area contributed by atoms with Crippen molar-refractivity contribution < 1.29 is 14.3 Å². The summed E-state index contributed by atoms with van der Waals surface area (Å²) in [6, 6.07) is 0.0820. The van der Waals surface area contributed by atoms with Crippen molar-refractivity contribution in [3.8, 4) is 0 Å². The van der Waals surface area contributed by atoms with Crippen LogP contribution in [0.15, 0.2) is 0 Å². The quantitative estimate of drug-likeness (QED) is 0.840. The predicted octanol–water partition coefficient (Wildman–Crippen LogP) is 1.89. The Morgan fingerprint density at radius 3 is 2.45 bits per heavy atom. The van der Waals surface area contributed by atoms with Crippen LogP contribution in [0.1, 0.15) is 46.5 Å². The van der Waals surface area contributed by atoms with Gasteiger partial charge in [-0.15, -0.1) is 0 Å². The van der Waals surface area contributed by atoms with Gasteiger partial charge in [0.15, 0.2) is 0 Å². The summed E-state index contributed by atoms with van der Waals surface area (Å²) in [5.74, 6) is 0. The minimum atomic E-state index is -0.462. The van der Waals surface area contributed by atoms with Crippen LogP contribution in [0.3, 0.4) is 0 Å². The van der Waals surface area contributed by atoms with Gasteiger partial charge in [-0.2, -0.15) is 0 Å². The summed E-state index contributed by atoms with van der Waals surface area (Å²) in [4.78, 5) is 14.3. The molecular weight excluding hydrogens is 256 g/mol. The Kier molecular flexibility index (Phi) is 3.07. The number of nitrogens with zero attached hydrogens (tertiary/aromatic N) is 1. The van der Waals surface area contributed by atoms with Crippen molar-refractivity contribution in [2.75, 3.05) is 19.8 Å². The van der Waals surface area contributed by atoms with Gasteiger partial charge in [0, 0.05) is 17.5 Å². The van der Waals surface area contributed by atoms with E-state index in [2.05, 4.69) is 0 Å². The molecule has 1 heterocycles. The Morgan fingerprint density at radius 2 is 1.95 bits per heavy atom. The highest BCUT2D eigenvalue weighted by Gasteiger charge is 2.68. The summed E-state index contributed by atoms with van der Waals surface area (Å²) in [5.41, 5.74) is 6.01. The molecule has 0 bridgehead atoms. The van der Waals surface area contributed by atoms with Crippen molar-refractivity contribution in [1.82, 2.24) is 4.90 Å². The maximum absolute atomic E-state index is 12.5. The second-order valence-electron chi connectivity index (χ2n) is 7.58. The second kappa shape index (κ2) is 4.34. The molecule has 0 aromatic rings. The number of rotatable bonds is 2. The van der Waals surface area contributed by atoms with E-state index in [0.717, 1.165) is 25.7 Å². The van der Waals surface area contributed by atoms with E-state index >= 15 is 0 Å². The molecule has 2 N–H and O–H groups in total. The third-order valence-electron chi connectivity index (χ3n) is 4.96. The van der Waals surface area contributed by atoms with Gasteiger partial charge in [-0.25, -0.2) is 4.79 Å². The highest BCUT2D eigenvalue weighted by molar-refractivity contribution is 5.69. The molecule has 1 aliphatic heterocycles. The van der Waals surface area contributed by atoms with E-state index in [1.54, 1.807) is 0 Å². The maximum Gasteiger partial charge on any atom is 0.410 e. The van der Waals surface area contributed by atoms with Crippen LogP contribution in [-0.4, -0.2) is 47.9 Å². The van der Waals surface area contributed by atoms with Crippen LogP contribution in [0.2, 0.25) is 0 Å². The van der Waals surface area contributed by atoms with Gasteiger partial charge in [0.1, 0.15) is 5.60 Å². The lowest BCUT2D eigenvalue weighted by atomic mass is 9.85. The molecule has 5 nitrogen and oxygen atoms in total. The molecule has 2 aliphatic carbocycles. The number of hydrogen-bond acceptors (Lipinski definition) is 4. The highest BCUT2D eigenvalue weighted by Crippen LogP contribution is 2.65. The summed E-state index contributed by atoms with van der Waals surface area (Å²) in [5, 5.41) is 0. The van der Waals surface area contributed by atoms with Crippen molar-refractivity contribution in [3.63, 3.8) is 0 Å². The molecule has 1 amide bonds. The van der Waals surface area contributed by atoms with Crippen molar-refractivity contribution >= 4 is 6.09 Å². The first kappa shape index (κ1) is 14.1. The fourth-order valence-corrected chi connectivity index (χ4v) is 3.53. The molecule has 3 rings (SSSR count). The van der Waals surface area contributed by atoms with E-state index in [9.17, 15) is 4.79 Å². The fourth-order valence-electron chi connectivity index (χ4n) is 3.53. The first-order valence-electron chi connectivity index (χ1n) is 7.64. The molecule has 1 unspecified atom stereocenters. The predicted molar refractivity (Wildman–Crippen MR) is 75.4 cm³/mol. The first-order chi connectivity index (χ1) is 9.28. The van der Waals surface area contributed by atoms with Crippen molar-refractivity contribution in [1.29, 1.82) is 0 Å². The number of nitrogens with two attached hydrogens (primary N) is 1. The van der Waals surface area contributed by atoms with Gasteiger partial charge in [-0.1, -0.05) is 0 Å². The Labute approximate surface area is 120 Å². The molecule has 3 fully saturated rings. The van der Waals surface area contributed by atoms with Gasteiger partial charge in [-0.05, 0) is 46.5 Å². The molecule has 3 aliphatic rings. The zero-order chi connectivity index (χ0) is 14.6. The van der Waals surface area contributed by atoms with E-state index in [1.165, 1.54) is 0 Å². The number of morpholine rings is 1. The van der Waals surface area contributed by atoms with Crippen LogP contribution in [-0.2, 0) is 9.47 Å². The Hall–Kier alpha value is -0.810. The minimum absolute atomic E-state index is 0.0708. The van der Waals surface area contributed by atoms with Crippen molar-refractivity contribution in [2.24, 2.45) is 11.1 Å². The first-order valence-corrected chi connectivity index (χ1v) is 7.64. The number of amides is 1. The van der Waals surface area contributed by atoms with E-state index in [4.69, 9.17) is 15.2 Å². The van der Waals surface area contributed by atoms with Gasteiger partial charge in [0.05, 0.1) is 19.3 Å². The Bertz CT molecular complexity index is 408. The minimum Gasteiger partial charge on any atom is -0.444 e. The van der Waals surface area contributed by atoms with Gasteiger partial charge in [-0.3, -0.25) is 4.90 Å². The molecule has 20 heavy (non-hydrogen) atoms. The van der Waals surface area contributed by atoms with Gasteiger partial charge < -0.3 is 15.2 Å². The van der Waals surface area contributed by atoms with Crippen LogP contribution >= 0.6 is 0 Å². The lowest BCUT2D eigenvalue weighted by Gasteiger charge is -2.43. The van der Waals surface area contributed by atoms with Crippen LogP contribution < -0.4 is 5.73 Å². The zero-order valence-corrected chi connectivity index (χ0v) is 12.8. The Morgan fingerprint density at radius 1 is 1.30 bits per heavy atom. The largest absolute Gasteiger partial charge is 0.444 e. The molecule has 1 saturated heterocycles. The Balaban J connectivity index is 1.76.